The van der Waals surface area contributed by atoms with Crippen LogP contribution in [0.25, 0.3) is 0 Å². The number of benzene rings is 2. The van der Waals surface area contributed by atoms with Gasteiger partial charge in [0.05, 0.1) is 13.2 Å². The van der Waals surface area contributed by atoms with Crippen molar-refractivity contribution in [3.05, 3.63) is 65.2 Å². The molecular weight excluding hydrogens is 274 g/mol. The molecule has 0 aliphatic rings. The first kappa shape index (κ1) is 16.5. The fourth-order valence-corrected chi connectivity index (χ4v) is 2.10. The molecular formula is C19H25NO2. The second-order valence-electron chi connectivity index (χ2n) is 5.37. The molecule has 0 heterocycles. The van der Waals surface area contributed by atoms with E-state index in [2.05, 4.69) is 55.6 Å². The van der Waals surface area contributed by atoms with E-state index in [9.17, 15) is 0 Å². The monoisotopic (exact) mass is 299 g/mol. The maximum Gasteiger partial charge on any atom is 0.119 e. The fourth-order valence-electron chi connectivity index (χ4n) is 2.10. The van der Waals surface area contributed by atoms with Gasteiger partial charge < -0.3 is 14.8 Å². The largest absolute Gasteiger partial charge is 0.491 e. The zero-order chi connectivity index (χ0) is 15.6. The number of aryl methyl sites for hydroxylation is 2. The third-order valence-electron chi connectivity index (χ3n) is 3.57. The summed E-state index contributed by atoms with van der Waals surface area (Å²) >= 11 is 0. The van der Waals surface area contributed by atoms with Gasteiger partial charge in [-0.1, -0.05) is 36.4 Å². The molecule has 0 aliphatic carbocycles. The summed E-state index contributed by atoms with van der Waals surface area (Å²) in [7, 11) is 0. The van der Waals surface area contributed by atoms with Crippen molar-refractivity contribution in [1.29, 1.82) is 0 Å². The van der Waals surface area contributed by atoms with Crippen molar-refractivity contribution in [2.75, 3.05) is 26.4 Å². The Morgan fingerprint density at radius 1 is 0.864 bits per heavy atom. The summed E-state index contributed by atoms with van der Waals surface area (Å²) in [5, 5.41) is 3.36. The van der Waals surface area contributed by atoms with Crippen LogP contribution in [0.15, 0.2) is 48.5 Å². The number of hydrogen-bond acceptors (Lipinski definition) is 3. The predicted molar refractivity (Wildman–Crippen MR) is 90.4 cm³/mol. The Morgan fingerprint density at radius 2 is 1.68 bits per heavy atom. The van der Waals surface area contributed by atoms with Crippen molar-refractivity contribution in [3.8, 4) is 5.75 Å². The molecule has 22 heavy (non-hydrogen) atoms. The Kier molecular flexibility index (Phi) is 6.94. The van der Waals surface area contributed by atoms with Crippen LogP contribution in [0.2, 0.25) is 0 Å². The number of hydrogen-bond donors (Lipinski definition) is 1. The molecule has 2 rings (SSSR count). The van der Waals surface area contributed by atoms with Crippen molar-refractivity contribution in [2.45, 2.75) is 20.4 Å². The summed E-state index contributed by atoms with van der Waals surface area (Å²) in [5.74, 6) is 0.911. The van der Waals surface area contributed by atoms with E-state index in [1.165, 1.54) is 16.7 Å². The van der Waals surface area contributed by atoms with Crippen LogP contribution in [0.5, 0.6) is 5.75 Å². The van der Waals surface area contributed by atoms with Gasteiger partial charge in [0.25, 0.3) is 0 Å². The molecule has 0 spiro atoms. The van der Waals surface area contributed by atoms with Gasteiger partial charge in [-0.05, 0) is 42.7 Å². The van der Waals surface area contributed by atoms with E-state index >= 15 is 0 Å². The van der Waals surface area contributed by atoms with Gasteiger partial charge in [0, 0.05) is 13.1 Å². The Bertz CT molecular complexity index is 555. The van der Waals surface area contributed by atoms with Crippen molar-refractivity contribution >= 4 is 0 Å². The van der Waals surface area contributed by atoms with E-state index in [1.54, 1.807) is 0 Å². The fraction of sp³-hybridized carbons (Fsp3) is 0.368. The van der Waals surface area contributed by atoms with Crippen molar-refractivity contribution in [3.63, 3.8) is 0 Å². The van der Waals surface area contributed by atoms with E-state index in [1.807, 2.05) is 12.1 Å². The zero-order valence-electron chi connectivity index (χ0n) is 13.5. The quantitative estimate of drug-likeness (QED) is 0.719. The third kappa shape index (κ3) is 5.88. The minimum Gasteiger partial charge on any atom is -0.491 e. The topological polar surface area (TPSA) is 30.5 Å². The van der Waals surface area contributed by atoms with Gasteiger partial charge in [-0.15, -0.1) is 0 Å². The molecule has 3 heteroatoms. The van der Waals surface area contributed by atoms with Gasteiger partial charge >= 0.3 is 0 Å². The minimum absolute atomic E-state index is 0.585. The highest BCUT2D eigenvalue weighted by Gasteiger charge is 1.97. The molecule has 0 aliphatic heterocycles. The van der Waals surface area contributed by atoms with Crippen molar-refractivity contribution < 1.29 is 9.47 Å². The smallest absolute Gasteiger partial charge is 0.119 e. The van der Waals surface area contributed by atoms with Gasteiger partial charge in [0.15, 0.2) is 0 Å². The average molecular weight is 299 g/mol. The normalized spacial score (nSPS) is 10.6. The van der Waals surface area contributed by atoms with Gasteiger partial charge in [0.1, 0.15) is 12.4 Å². The standard InChI is InChI=1S/C19H25NO2/c1-16-8-9-19(14-17(16)2)22-13-12-21-11-10-20-15-18-6-4-3-5-7-18/h3-9,14,20H,10-13,15H2,1-2H3. The molecule has 1 N–H and O–H groups in total. The SMILES string of the molecule is Cc1ccc(OCCOCCNCc2ccccc2)cc1C. The molecule has 0 fully saturated rings. The lowest BCUT2D eigenvalue weighted by Gasteiger charge is -2.09. The molecule has 0 unspecified atom stereocenters. The number of nitrogens with one attached hydrogen (secondary N) is 1. The average Bonchev–Trinajstić information content (AvgIpc) is 2.54. The van der Waals surface area contributed by atoms with Gasteiger partial charge in [-0.25, -0.2) is 0 Å². The summed E-state index contributed by atoms with van der Waals surface area (Å²) in [6.45, 7) is 7.81. The minimum atomic E-state index is 0.585. The molecule has 118 valence electrons. The molecule has 0 saturated carbocycles. The molecule has 0 saturated heterocycles. The first-order valence-corrected chi connectivity index (χ1v) is 7.78. The third-order valence-corrected chi connectivity index (χ3v) is 3.57. The Morgan fingerprint density at radius 3 is 2.45 bits per heavy atom. The Hall–Kier alpha value is -1.84. The molecule has 0 bridgehead atoms. The van der Waals surface area contributed by atoms with E-state index in [0.29, 0.717) is 19.8 Å². The summed E-state index contributed by atoms with van der Waals surface area (Å²) in [5.41, 5.74) is 3.83. The van der Waals surface area contributed by atoms with Crippen molar-refractivity contribution in [2.24, 2.45) is 0 Å². The second kappa shape index (κ2) is 9.23. The molecule has 3 nitrogen and oxygen atoms in total. The first-order valence-electron chi connectivity index (χ1n) is 7.78. The van der Waals surface area contributed by atoms with Crippen LogP contribution in [0.4, 0.5) is 0 Å². The van der Waals surface area contributed by atoms with Gasteiger partial charge in [-0.2, -0.15) is 0 Å². The molecule has 2 aromatic carbocycles. The lowest BCUT2D eigenvalue weighted by molar-refractivity contribution is 0.102. The Balaban J connectivity index is 1.50. The van der Waals surface area contributed by atoms with Crippen LogP contribution in [0, 0.1) is 13.8 Å². The van der Waals surface area contributed by atoms with Crippen LogP contribution in [-0.2, 0) is 11.3 Å². The summed E-state index contributed by atoms with van der Waals surface area (Å²) in [4.78, 5) is 0. The lowest BCUT2D eigenvalue weighted by atomic mass is 10.1. The molecule has 0 amide bonds. The number of ether oxygens (including phenoxy) is 2. The highest BCUT2D eigenvalue weighted by atomic mass is 16.5. The van der Waals surface area contributed by atoms with E-state index in [-0.39, 0.29) is 0 Å². The Labute approximate surface area is 133 Å². The highest BCUT2D eigenvalue weighted by molar-refractivity contribution is 5.33. The molecule has 2 aromatic rings. The van der Waals surface area contributed by atoms with Crippen LogP contribution < -0.4 is 10.1 Å². The van der Waals surface area contributed by atoms with Crippen LogP contribution in [0.3, 0.4) is 0 Å². The zero-order valence-corrected chi connectivity index (χ0v) is 13.5. The van der Waals surface area contributed by atoms with Crippen molar-refractivity contribution in [1.82, 2.24) is 5.32 Å². The van der Waals surface area contributed by atoms with Gasteiger partial charge in [-0.3, -0.25) is 0 Å². The second-order valence-corrected chi connectivity index (χ2v) is 5.37. The maximum absolute atomic E-state index is 5.67. The lowest BCUT2D eigenvalue weighted by Crippen LogP contribution is -2.20. The van der Waals surface area contributed by atoms with E-state index in [4.69, 9.17) is 9.47 Å². The van der Waals surface area contributed by atoms with Gasteiger partial charge in [0.2, 0.25) is 0 Å². The molecule has 0 aromatic heterocycles. The van der Waals surface area contributed by atoms with Crippen LogP contribution in [-0.4, -0.2) is 26.4 Å². The molecule has 0 radical (unpaired) electrons. The summed E-state index contributed by atoms with van der Waals surface area (Å²) < 4.78 is 11.2. The number of rotatable bonds is 9. The van der Waals surface area contributed by atoms with E-state index in [0.717, 1.165) is 18.8 Å². The van der Waals surface area contributed by atoms with Crippen LogP contribution in [0.1, 0.15) is 16.7 Å². The van der Waals surface area contributed by atoms with Crippen LogP contribution >= 0.6 is 0 Å². The van der Waals surface area contributed by atoms with E-state index < -0.39 is 0 Å². The maximum atomic E-state index is 5.67. The first-order chi connectivity index (χ1) is 10.8. The predicted octanol–water partition coefficient (Wildman–Crippen LogP) is 3.49. The molecule has 0 atom stereocenters. The summed E-state index contributed by atoms with van der Waals surface area (Å²) in [6, 6.07) is 16.5. The highest BCUT2D eigenvalue weighted by Crippen LogP contribution is 2.16. The summed E-state index contributed by atoms with van der Waals surface area (Å²) in [6.07, 6.45) is 0.